The molecule has 1 aliphatic rings. The van der Waals surface area contributed by atoms with Crippen LogP contribution in [0.5, 0.6) is 0 Å². The zero-order chi connectivity index (χ0) is 20.0. The highest BCUT2D eigenvalue weighted by Gasteiger charge is 2.28. The van der Waals surface area contributed by atoms with E-state index in [1.54, 1.807) is 23.1 Å². The number of urea groups is 1. The molecule has 0 unspecified atom stereocenters. The highest BCUT2D eigenvalue weighted by atomic mass is 35.5. The van der Waals surface area contributed by atoms with Crippen LogP contribution >= 0.6 is 11.6 Å². The summed E-state index contributed by atoms with van der Waals surface area (Å²) in [7, 11) is 0. The third kappa shape index (κ3) is 6.91. The molecule has 27 heavy (non-hydrogen) atoms. The highest BCUT2D eigenvalue weighted by molar-refractivity contribution is 6.31. The van der Waals surface area contributed by atoms with E-state index in [0.29, 0.717) is 36.9 Å². The van der Waals surface area contributed by atoms with Gasteiger partial charge in [-0.1, -0.05) is 17.7 Å². The first-order valence-electron chi connectivity index (χ1n) is 8.40. The van der Waals surface area contributed by atoms with E-state index in [1.807, 2.05) is 6.92 Å². The number of carbonyl (C=O) groups is 2. The fraction of sp³-hybridized carbons (Fsp3) is 0.529. The standard InChI is InChI=1S/C17H21ClF3N3O3/c1-12-2-3-13(10-14(12)18)22-16(26)24-7-5-23(6-8-24)15(25)4-9-27-11-17(19,20)21/h2-3,10H,4-9,11H2,1H3,(H,22,26). The summed E-state index contributed by atoms with van der Waals surface area (Å²) in [5.74, 6) is -0.289. The average molecular weight is 408 g/mol. The number of benzene rings is 1. The maximum atomic E-state index is 12.3. The molecule has 6 nitrogen and oxygen atoms in total. The number of nitrogens with zero attached hydrogens (tertiary/aromatic N) is 2. The molecule has 1 saturated heterocycles. The highest BCUT2D eigenvalue weighted by Crippen LogP contribution is 2.20. The number of rotatable bonds is 5. The van der Waals surface area contributed by atoms with Crippen LogP contribution in [0.1, 0.15) is 12.0 Å². The van der Waals surface area contributed by atoms with Crippen molar-refractivity contribution in [3.63, 3.8) is 0 Å². The molecule has 1 fully saturated rings. The van der Waals surface area contributed by atoms with E-state index in [1.165, 1.54) is 4.90 Å². The predicted octanol–water partition coefficient (Wildman–Crippen LogP) is 3.29. The van der Waals surface area contributed by atoms with Crippen molar-refractivity contribution < 1.29 is 27.5 Å². The second kappa shape index (κ2) is 9.27. The van der Waals surface area contributed by atoms with Crippen molar-refractivity contribution in [1.82, 2.24) is 9.80 Å². The van der Waals surface area contributed by atoms with Gasteiger partial charge in [0, 0.05) is 36.9 Å². The number of anilines is 1. The van der Waals surface area contributed by atoms with Crippen LogP contribution in [-0.2, 0) is 9.53 Å². The van der Waals surface area contributed by atoms with E-state index >= 15 is 0 Å². The predicted molar refractivity (Wildman–Crippen MR) is 94.9 cm³/mol. The summed E-state index contributed by atoms with van der Waals surface area (Å²) in [6.45, 7) is 1.52. The zero-order valence-corrected chi connectivity index (χ0v) is 15.6. The molecule has 0 saturated carbocycles. The molecule has 0 bridgehead atoms. The smallest absolute Gasteiger partial charge is 0.372 e. The van der Waals surface area contributed by atoms with Crippen molar-refractivity contribution in [3.05, 3.63) is 28.8 Å². The molecule has 1 N–H and O–H groups in total. The van der Waals surface area contributed by atoms with Crippen molar-refractivity contribution in [3.8, 4) is 0 Å². The first kappa shape index (κ1) is 21.3. The molecule has 10 heteroatoms. The molecule has 1 aromatic carbocycles. The summed E-state index contributed by atoms with van der Waals surface area (Å²) in [6, 6.07) is 4.92. The maximum absolute atomic E-state index is 12.3. The lowest BCUT2D eigenvalue weighted by Crippen LogP contribution is -2.51. The number of ether oxygens (including phenoxy) is 1. The Bertz CT molecular complexity index is 677. The van der Waals surface area contributed by atoms with Gasteiger partial charge < -0.3 is 19.9 Å². The van der Waals surface area contributed by atoms with Gasteiger partial charge in [0.25, 0.3) is 0 Å². The number of hydrogen-bond donors (Lipinski definition) is 1. The van der Waals surface area contributed by atoms with Crippen molar-refractivity contribution in [2.45, 2.75) is 19.5 Å². The molecule has 150 valence electrons. The van der Waals surface area contributed by atoms with E-state index in [2.05, 4.69) is 10.1 Å². The van der Waals surface area contributed by atoms with Gasteiger partial charge in [-0.2, -0.15) is 13.2 Å². The number of piperazine rings is 1. The second-order valence-electron chi connectivity index (χ2n) is 6.18. The lowest BCUT2D eigenvalue weighted by Gasteiger charge is -2.34. The van der Waals surface area contributed by atoms with Crippen molar-refractivity contribution >= 4 is 29.2 Å². The Labute approximate surface area is 160 Å². The Morgan fingerprint density at radius 1 is 1.19 bits per heavy atom. The van der Waals surface area contributed by atoms with Gasteiger partial charge in [-0.05, 0) is 24.6 Å². The quantitative estimate of drug-likeness (QED) is 0.762. The fourth-order valence-electron chi connectivity index (χ4n) is 2.54. The number of hydrogen-bond acceptors (Lipinski definition) is 3. The third-order valence-corrected chi connectivity index (χ3v) is 4.48. The van der Waals surface area contributed by atoms with E-state index in [-0.39, 0.29) is 25.0 Å². The Morgan fingerprint density at radius 3 is 2.41 bits per heavy atom. The SMILES string of the molecule is Cc1ccc(NC(=O)N2CCN(C(=O)CCOCC(F)(F)F)CC2)cc1Cl. The molecular weight excluding hydrogens is 387 g/mol. The Morgan fingerprint density at radius 2 is 1.81 bits per heavy atom. The molecule has 0 atom stereocenters. The number of nitrogens with one attached hydrogen (secondary N) is 1. The van der Waals surface area contributed by atoms with Crippen LogP contribution in [0.3, 0.4) is 0 Å². The molecule has 0 spiro atoms. The van der Waals surface area contributed by atoms with Crippen LogP contribution in [0, 0.1) is 6.92 Å². The van der Waals surface area contributed by atoms with E-state index in [0.717, 1.165) is 5.56 Å². The van der Waals surface area contributed by atoms with Crippen molar-refractivity contribution in [2.75, 3.05) is 44.7 Å². The number of aryl methyl sites for hydroxylation is 1. The van der Waals surface area contributed by atoms with E-state index < -0.39 is 12.8 Å². The first-order chi connectivity index (χ1) is 12.7. The van der Waals surface area contributed by atoms with Crippen molar-refractivity contribution in [2.24, 2.45) is 0 Å². The van der Waals surface area contributed by atoms with Gasteiger partial charge in [0.15, 0.2) is 0 Å². The average Bonchev–Trinajstić information content (AvgIpc) is 2.61. The van der Waals surface area contributed by atoms with Gasteiger partial charge in [-0.25, -0.2) is 4.79 Å². The number of amides is 3. The summed E-state index contributed by atoms with van der Waals surface area (Å²) >= 11 is 6.03. The molecule has 1 aromatic rings. The summed E-state index contributed by atoms with van der Waals surface area (Å²) in [4.78, 5) is 27.4. The molecule has 0 aliphatic carbocycles. The van der Waals surface area contributed by atoms with Gasteiger partial charge in [-0.15, -0.1) is 0 Å². The van der Waals surface area contributed by atoms with Gasteiger partial charge in [0.1, 0.15) is 6.61 Å². The van der Waals surface area contributed by atoms with Crippen LogP contribution in [0.15, 0.2) is 18.2 Å². The van der Waals surface area contributed by atoms with Crippen LogP contribution in [0.25, 0.3) is 0 Å². The Balaban J connectivity index is 1.73. The maximum Gasteiger partial charge on any atom is 0.411 e. The van der Waals surface area contributed by atoms with Crippen LogP contribution in [0.4, 0.5) is 23.7 Å². The minimum atomic E-state index is -4.40. The number of carbonyl (C=O) groups excluding carboxylic acids is 2. The number of halogens is 4. The van der Waals surface area contributed by atoms with Gasteiger partial charge in [-0.3, -0.25) is 4.79 Å². The van der Waals surface area contributed by atoms with Crippen LogP contribution in [0.2, 0.25) is 5.02 Å². The Hall–Kier alpha value is -2.00. The normalized spacial score (nSPS) is 15.0. The van der Waals surface area contributed by atoms with Crippen LogP contribution in [-0.4, -0.2) is 67.3 Å². The summed E-state index contributed by atoms with van der Waals surface area (Å²) in [5.41, 5.74) is 1.48. The van der Waals surface area contributed by atoms with Gasteiger partial charge in [0.05, 0.1) is 13.0 Å². The molecule has 1 heterocycles. The fourth-order valence-corrected chi connectivity index (χ4v) is 2.72. The summed E-state index contributed by atoms with van der Waals surface area (Å²) in [6.07, 6.45) is -4.52. The lowest BCUT2D eigenvalue weighted by molar-refractivity contribution is -0.175. The van der Waals surface area contributed by atoms with Crippen molar-refractivity contribution in [1.29, 1.82) is 0 Å². The first-order valence-corrected chi connectivity index (χ1v) is 8.78. The van der Waals surface area contributed by atoms with Gasteiger partial charge >= 0.3 is 12.2 Å². The molecule has 1 aliphatic heterocycles. The lowest BCUT2D eigenvalue weighted by atomic mass is 10.2. The van der Waals surface area contributed by atoms with E-state index in [4.69, 9.17) is 11.6 Å². The van der Waals surface area contributed by atoms with E-state index in [9.17, 15) is 22.8 Å². The topological polar surface area (TPSA) is 61.9 Å². The minimum Gasteiger partial charge on any atom is -0.372 e. The Kier molecular flexibility index (Phi) is 7.32. The molecule has 0 radical (unpaired) electrons. The summed E-state index contributed by atoms with van der Waals surface area (Å²) in [5, 5.41) is 3.30. The molecule has 2 rings (SSSR count). The van der Waals surface area contributed by atoms with Crippen LogP contribution < -0.4 is 5.32 Å². The van der Waals surface area contributed by atoms with Gasteiger partial charge in [0.2, 0.25) is 5.91 Å². The second-order valence-corrected chi connectivity index (χ2v) is 6.59. The summed E-state index contributed by atoms with van der Waals surface area (Å²) < 4.78 is 40.4. The largest absolute Gasteiger partial charge is 0.411 e. The monoisotopic (exact) mass is 407 g/mol. The minimum absolute atomic E-state index is 0.121. The zero-order valence-electron chi connectivity index (χ0n) is 14.8. The molecule has 0 aromatic heterocycles. The molecular formula is C17H21ClF3N3O3. The number of alkyl halides is 3. The third-order valence-electron chi connectivity index (χ3n) is 4.07. The molecule has 3 amide bonds.